The maximum Gasteiger partial charge on any atom is 0.307 e. The molecule has 0 spiro atoms. The summed E-state index contributed by atoms with van der Waals surface area (Å²) in [7, 11) is 0. The van der Waals surface area contributed by atoms with Crippen LogP contribution in [0.1, 0.15) is 25.3 Å². The molecule has 1 aromatic rings. The van der Waals surface area contributed by atoms with Crippen molar-refractivity contribution in [1.29, 1.82) is 0 Å². The van der Waals surface area contributed by atoms with Crippen LogP contribution in [0.2, 0.25) is 0 Å². The second-order valence-corrected chi connectivity index (χ2v) is 5.23. The summed E-state index contributed by atoms with van der Waals surface area (Å²) in [5.74, 6) is -0.861. The van der Waals surface area contributed by atoms with E-state index in [1.165, 1.54) is 0 Å². The lowest BCUT2D eigenvalue weighted by Gasteiger charge is -2.18. The number of nitrogens with one attached hydrogen (secondary N) is 1. The normalized spacial score (nSPS) is 14.4. The number of carbonyl (C=O) groups excluding carboxylic acids is 2. The van der Waals surface area contributed by atoms with E-state index in [9.17, 15) is 9.59 Å². The van der Waals surface area contributed by atoms with Crippen LogP contribution in [-0.2, 0) is 20.9 Å². The molecular weight excluding hydrogens is 290 g/mol. The zero-order chi connectivity index (χ0) is 16.5. The van der Waals surface area contributed by atoms with Gasteiger partial charge in [0.15, 0.2) is 0 Å². The SMILES string of the molecule is CCC(=O)C(CC(=O)OCc1ccccc1)C1=CC=CC=CN1. The van der Waals surface area contributed by atoms with Crippen molar-refractivity contribution in [3.05, 3.63) is 72.1 Å². The van der Waals surface area contributed by atoms with Crippen molar-refractivity contribution in [2.45, 2.75) is 26.4 Å². The number of benzene rings is 1. The first-order chi connectivity index (χ1) is 11.2. The van der Waals surface area contributed by atoms with Gasteiger partial charge in [0.25, 0.3) is 0 Å². The maximum absolute atomic E-state index is 12.2. The molecule has 23 heavy (non-hydrogen) atoms. The number of carbonyl (C=O) groups is 2. The summed E-state index contributed by atoms with van der Waals surface area (Å²) in [5, 5.41) is 3.07. The molecule has 0 fully saturated rings. The molecule has 1 atom stereocenters. The summed E-state index contributed by atoms with van der Waals surface area (Å²) >= 11 is 0. The smallest absolute Gasteiger partial charge is 0.307 e. The Morgan fingerprint density at radius 1 is 1.13 bits per heavy atom. The van der Waals surface area contributed by atoms with Crippen molar-refractivity contribution in [2.75, 3.05) is 0 Å². The first kappa shape index (κ1) is 16.7. The third-order valence-electron chi connectivity index (χ3n) is 3.57. The summed E-state index contributed by atoms with van der Waals surface area (Å²) < 4.78 is 5.29. The molecule has 1 heterocycles. The van der Waals surface area contributed by atoms with E-state index in [1.807, 2.05) is 54.6 Å². The Bertz CT molecular complexity index is 629. The Morgan fingerprint density at radius 3 is 2.65 bits per heavy atom. The third-order valence-corrected chi connectivity index (χ3v) is 3.57. The average Bonchev–Trinajstić information content (AvgIpc) is 2.87. The predicted octanol–water partition coefficient (Wildman–Crippen LogP) is 3.27. The lowest BCUT2D eigenvalue weighted by atomic mass is 9.94. The van der Waals surface area contributed by atoms with Crippen molar-refractivity contribution in [3.8, 4) is 0 Å². The van der Waals surface area contributed by atoms with Gasteiger partial charge in [0.05, 0.1) is 12.3 Å². The summed E-state index contributed by atoms with van der Waals surface area (Å²) in [6.45, 7) is 2.02. The second-order valence-electron chi connectivity index (χ2n) is 5.23. The quantitative estimate of drug-likeness (QED) is 0.785. The van der Waals surface area contributed by atoms with Crippen LogP contribution in [0.3, 0.4) is 0 Å². The third kappa shape index (κ3) is 5.25. The lowest BCUT2D eigenvalue weighted by Crippen LogP contribution is -2.26. The van der Waals surface area contributed by atoms with E-state index in [-0.39, 0.29) is 24.8 Å². The van der Waals surface area contributed by atoms with E-state index >= 15 is 0 Å². The number of rotatable bonds is 7. The molecule has 4 nitrogen and oxygen atoms in total. The van der Waals surface area contributed by atoms with Gasteiger partial charge in [0.1, 0.15) is 12.4 Å². The van der Waals surface area contributed by atoms with E-state index in [0.29, 0.717) is 6.42 Å². The minimum atomic E-state index is -0.504. The number of esters is 1. The van der Waals surface area contributed by atoms with Gasteiger partial charge in [-0.05, 0) is 17.7 Å². The summed E-state index contributed by atoms with van der Waals surface area (Å²) in [4.78, 5) is 24.3. The van der Waals surface area contributed by atoms with E-state index in [0.717, 1.165) is 11.3 Å². The first-order valence-corrected chi connectivity index (χ1v) is 7.73. The van der Waals surface area contributed by atoms with Crippen molar-refractivity contribution in [2.24, 2.45) is 5.92 Å². The predicted molar refractivity (Wildman–Crippen MR) is 89.1 cm³/mol. The van der Waals surface area contributed by atoms with Crippen LogP contribution in [-0.4, -0.2) is 11.8 Å². The molecule has 0 aromatic heterocycles. The molecule has 0 saturated carbocycles. The van der Waals surface area contributed by atoms with Crippen LogP contribution >= 0.6 is 0 Å². The Morgan fingerprint density at radius 2 is 1.91 bits per heavy atom. The zero-order valence-electron chi connectivity index (χ0n) is 13.2. The highest BCUT2D eigenvalue weighted by Gasteiger charge is 2.25. The fourth-order valence-corrected chi connectivity index (χ4v) is 2.30. The monoisotopic (exact) mass is 311 g/mol. The fraction of sp³-hybridized carbons (Fsp3) is 0.263. The second kappa shape index (κ2) is 8.73. The minimum absolute atomic E-state index is 0.0177. The lowest BCUT2D eigenvalue weighted by molar-refractivity contribution is -0.147. The number of allylic oxidation sites excluding steroid dienone is 5. The Hall–Kier alpha value is -2.62. The van der Waals surface area contributed by atoms with E-state index < -0.39 is 5.92 Å². The molecule has 4 heteroatoms. The van der Waals surface area contributed by atoms with Gasteiger partial charge in [0.2, 0.25) is 0 Å². The highest BCUT2D eigenvalue weighted by atomic mass is 16.5. The molecule has 0 aliphatic carbocycles. The standard InChI is InChI=1S/C19H21NO3/c1-2-18(21)16(17-11-7-4-8-12-20-17)13-19(22)23-14-15-9-5-3-6-10-15/h3-12,16,20H,2,13-14H2,1H3. The van der Waals surface area contributed by atoms with Crippen LogP contribution in [0.4, 0.5) is 0 Å². The molecular formula is C19H21NO3. The number of hydrogen-bond acceptors (Lipinski definition) is 4. The topological polar surface area (TPSA) is 55.4 Å². The zero-order valence-corrected chi connectivity index (χ0v) is 13.2. The van der Waals surface area contributed by atoms with Crippen molar-refractivity contribution in [1.82, 2.24) is 5.32 Å². The first-order valence-electron chi connectivity index (χ1n) is 7.73. The van der Waals surface area contributed by atoms with Gasteiger partial charge in [-0.3, -0.25) is 9.59 Å². The summed E-state index contributed by atoms with van der Waals surface area (Å²) in [6.07, 6.45) is 9.54. The Balaban J connectivity index is 1.98. The molecule has 2 rings (SSSR count). The number of ketones is 1. The Kier molecular flexibility index (Phi) is 6.36. The van der Waals surface area contributed by atoms with E-state index in [4.69, 9.17) is 4.74 Å². The van der Waals surface area contributed by atoms with Gasteiger partial charge in [-0.15, -0.1) is 0 Å². The Labute approximate surface area is 136 Å². The van der Waals surface area contributed by atoms with Gasteiger partial charge in [0, 0.05) is 18.3 Å². The molecule has 1 aliphatic heterocycles. The highest BCUT2D eigenvalue weighted by molar-refractivity contribution is 5.87. The number of hydrogen-bond donors (Lipinski definition) is 1. The summed E-state index contributed by atoms with van der Waals surface area (Å²) in [6, 6.07) is 9.49. The highest BCUT2D eigenvalue weighted by Crippen LogP contribution is 2.19. The van der Waals surface area contributed by atoms with E-state index in [1.54, 1.807) is 13.1 Å². The fourth-order valence-electron chi connectivity index (χ4n) is 2.30. The van der Waals surface area contributed by atoms with Crippen LogP contribution < -0.4 is 5.32 Å². The van der Waals surface area contributed by atoms with Crippen molar-refractivity contribution in [3.63, 3.8) is 0 Å². The van der Waals surface area contributed by atoms with Gasteiger partial charge in [-0.1, -0.05) is 49.4 Å². The van der Waals surface area contributed by atoms with Crippen LogP contribution in [0, 0.1) is 5.92 Å². The van der Waals surface area contributed by atoms with Gasteiger partial charge in [-0.2, -0.15) is 0 Å². The molecule has 1 aromatic carbocycles. The van der Waals surface area contributed by atoms with Crippen LogP contribution in [0.25, 0.3) is 0 Å². The van der Waals surface area contributed by atoms with Gasteiger partial charge < -0.3 is 10.1 Å². The minimum Gasteiger partial charge on any atom is -0.461 e. The molecule has 1 aliphatic rings. The molecule has 0 amide bonds. The average molecular weight is 311 g/mol. The van der Waals surface area contributed by atoms with Crippen molar-refractivity contribution < 1.29 is 14.3 Å². The van der Waals surface area contributed by atoms with Gasteiger partial charge in [-0.25, -0.2) is 0 Å². The van der Waals surface area contributed by atoms with E-state index in [2.05, 4.69) is 5.32 Å². The molecule has 0 saturated heterocycles. The van der Waals surface area contributed by atoms with Crippen molar-refractivity contribution >= 4 is 11.8 Å². The molecule has 120 valence electrons. The maximum atomic E-state index is 12.2. The molecule has 1 unspecified atom stereocenters. The van der Waals surface area contributed by atoms with Crippen LogP contribution in [0.5, 0.6) is 0 Å². The molecule has 1 N–H and O–H groups in total. The number of Topliss-reactive ketones (excluding diaryl/α,β-unsaturated/α-hetero) is 1. The number of ether oxygens (including phenoxy) is 1. The molecule has 0 bridgehead atoms. The van der Waals surface area contributed by atoms with Gasteiger partial charge >= 0.3 is 5.97 Å². The summed E-state index contributed by atoms with van der Waals surface area (Å²) in [5.41, 5.74) is 1.65. The molecule has 0 radical (unpaired) electrons. The largest absolute Gasteiger partial charge is 0.461 e. The van der Waals surface area contributed by atoms with Crippen LogP contribution in [0.15, 0.2) is 66.5 Å².